The highest BCUT2D eigenvalue weighted by Crippen LogP contribution is 2.38. The number of pyridine rings is 1. The zero-order valence-corrected chi connectivity index (χ0v) is 14.7. The maximum Gasteiger partial charge on any atom is 0.324 e. The van der Waals surface area contributed by atoms with Crippen LogP contribution in [-0.4, -0.2) is 24.9 Å². The molecule has 0 atom stereocenters. The molecular weight excluding hydrogens is 360 g/mol. The van der Waals surface area contributed by atoms with Crippen LogP contribution in [0.25, 0.3) is 0 Å². The molecule has 0 radical (unpaired) electrons. The fraction of sp³-hybridized carbons (Fsp3) is 0.312. The quantitative estimate of drug-likeness (QED) is 0.585. The van der Waals surface area contributed by atoms with Gasteiger partial charge in [0.1, 0.15) is 0 Å². The third-order valence-electron chi connectivity index (χ3n) is 3.59. The Balaban J connectivity index is 0.000000289. The van der Waals surface area contributed by atoms with Crippen LogP contribution in [0.4, 0.5) is 17.1 Å². The van der Waals surface area contributed by atoms with E-state index in [-0.39, 0.29) is 0 Å². The van der Waals surface area contributed by atoms with E-state index in [2.05, 4.69) is 24.9 Å². The van der Waals surface area contributed by atoms with Gasteiger partial charge in [-0.15, -0.1) is 0 Å². The van der Waals surface area contributed by atoms with E-state index in [0.29, 0.717) is 12.1 Å². The molecule has 1 heterocycles. The number of rotatable bonds is 6. The Kier molecular flexibility index (Phi) is 7.73. The molecule has 0 fully saturated rings. The molecule has 2 aromatic rings. The first kappa shape index (κ1) is 21.4. The van der Waals surface area contributed by atoms with E-state index in [0.717, 1.165) is 0 Å². The van der Waals surface area contributed by atoms with Crippen molar-refractivity contribution < 1.29 is 19.9 Å². The van der Waals surface area contributed by atoms with Gasteiger partial charge in [-0.25, -0.2) is 0 Å². The largest absolute Gasteiger partial charge is 0.497 e. The second-order valence-corrected chi connectivity index (χ2v) is 5.51. The Morgan fingerprint density at radius 2 is 1.59 bits per heavy atom. The number of hydrogen-bond acceptors (Lipinski definition) is 8. The van der Waals surface area contributed by atoms with E-state index >= 15 is 0 Å². The van der Waals surface area contributed by atoms with E-state index in [1.807, 2.05) is 12.4 Å². The first-order valence-corrected chi connectivity index (χ1v) is 7.88. The van der Waals surface area contributed by atoms with Gasteiger partial charge in [0.25, 0.3) is 11.4 Å². The average molecular weight is 378 g/mol. The van der Waals surface area contributed by atoms with E-state index in [9.17, 15) is 30.3 Å². The average Bonchev–Trinajstić information content (AvgIpc) is 2.61. The van der Waals surface area contributed by atoms with E-state index < -0.39 is 37.6 Å². The van der Waals surface area contributed by atoms with Crippen molar-refractivity contribution in [2.75, 3.05) is 0 Å². The maximum absolute atomic E-state index is 10.4. The molecule has 2 rings (SSSR count). The molecule has 1 aromatic heterocycles. The molecule has 0 aliphatic carbocycles. The fourth-order valence-electron chi connectivity index (χ4n) is 2.12. The molecule has 0 spiro atoms. The Morgan fingerprint density at radius 1 is 1.04 bits per heavy atom. The Morgan fingerprint density at radius 3 is 2.00 bits per heavy atom. The van der Waals surface area contributed by atoms with Crippen molar-refractivity contribution in [3.63, 3.8) is 0 Å². The van der Waals surface area contributed by atoms with Crippen LogP contribution in [0.5, 0.6) is 5.75 Å². The fourth-order valence-corrected chi connectivity index (χ4v) is 2.12. The number of benzene rings is 1. The van der Waals surface area contributed by atoms with Gasteiger partial charge in [0.2, 0.25) is 0 Å². The second kappa shape index (κ2) is 9.75. The third kappa shape index (κ3) is 5.99. The summed E-state index contributed by atoms with van der Waals surface area (Å²) in [6.07, 6.45) is 7.56. The number of nitro benzene ring substituents is 3. The number of aromatic nitrogens is 1. The minimum Gasteiger partial charge on any atom is -0.497 e. The number of phenols is 1. The monoisotopic (exact) mass is 378 g/mol. The summed E-state index contributed by atoms with van der Waals surface area (Å²) in [7, 11) is 0. The molecule has 0 aliphatic rings. The lowest BCUT2D eigenvalue weighted by molar-refractivity contribution is -0.404. The van der Waals surface area contributed by atoms with Crippen LogP contribution in [-0.2, 0) is 6.42 Å². The second-order valence-electron chi connectivity index (χ2n) is 5.51. The molecule has 1 aromatic carbocycles. The molecule has 0 saturated carbocycles. The van der Waals surface area contributed by atoms with Crippen LogP contribution in [0.15, 0.2) is 30.6 Å². The lowest BCUT2D eigenvalue weighted by Crippen LogP contribution is -1.97. The number of aromatic hydroxyl groups is 1. The van der Waals surface area contributed by atoms with Crippen molar-refractivity contribution in [3.05, 3.63) is 72.1 Å². The normalized spacial score (nSPS) is 9.85. The summed E-state index contributed by atoms with van der Waals surface area (Å²) in [4.78, 5) is 31.8. The summed E-state index contributed by atoms with van der Waals surface area (Å²) >= 11 is 0. The van der Waals surface area contributed by atoms with Gasteiger partial charge in [-0.1, -0.05) is 13.3 Å². The summed E-state index contributed by atoms with van der Waals surface area (Å²) in [6.45, 7) is 4.34. The van der Waals surface area contributed by atoms with E-state index in [1.165, 1.54) is 30.4 Å². The van der Waals surface area contributed by atoms with Crippen molar-refractivity contribution in [2.45, 2.75) is 33.1 Å². The molecule has 0 unspecified atom stereocenters. The standard InChI is InChI=1S/C10H15N.C6H3N3O7/c1-3-4-5-10-6-7-11-8-9(10)2;10-6-4(8(13)14)1-3(7(11)12)2-5(6)9(15)16/h6-8H,3-5H2,1-2H3;1-2,10H. The summed E-state index contributed by atoms with van der Waals surface area (Å²) in [5.74, 6) is -1.21. The number of phenolic OH excluding ortho intramolecular Hbond substituents is 1. The maximum atomic E-state index is 10.4. The summed E-state index contributed by atoms with van der Waals surface area (Å²) in [5, 5.41) is 40.2. The molecule has 11 nitrogen and oxygen atoms in total. The lowest BCUT2D eigenvalue weighted by Gasteiger charge is -2.01. The summed E-state index contributed by atoms with van der Waals surface area (Å²) in [6, 6.07) is 3.01. The van der Waals surface area contributed by atoms with Gasteiger partial charge in [0.15, 0.2) is 0 Å². The number of non-ortho nitro benzene ring substituents is 1. The summed E-state index contributed by atoms with van der Waals surface area (Å²) in [5.41, 5.74) is -0.235. The zero-order valence-electron chi connectivity index (χ0n) is 14.7. The Bertz CT molecular complexity index is 819. The van der Waals surface area contributed by atoms with Gasteiger partial charge in [-0.3, -0.25) is 35.3 Å². The number of hydrogen-bond donors (Lipinski definition) is 1. The molecule has 11 heteroatoms. The van der Waals surface area contributed by atoms with E-state index in [4.69, 9.17) is 5.11 Å². The molecule has 0 bridgehead atoms. The highest BCUT2D eigenvalue weighted by atomic mass is 16.6. The van der Waals surface area contributed by atoms with Crippen molar-refractivity contribution in [1.82, 2.24) is 4.98 Å². The first-order valence-electron chi connectivity index (χ1n) is 7.88. The van der Waals surface area contributed by atoms with Gasteiger partial charge in [0, 0.05) is 12.4 Å². The van der Waals surface area contributed by atoms with Crippen LogP contribution in [0, 0.1) is 37.3 Å². The zero-order chi connectivity index (χ0) is 20.6. The third-order valence-corrected chi connectivity index (χ3v) is 3.59. The predicted octanol–water partition coefficient (Wildman–Crippen LogP) is 3.85. The molecule has 0 aliphatic heterocycles. The van der Waals surface area contributed by atoms with Gasteiger partial charge in [-0.2, -0.15) is 0 Å². The first-order chi connectivity index (χ1) is 12.7. The minimum absolute atomic E-state index is 0.447. The highest BCUT2D eigenvalue weighted by Gasteiger charge is 2.30. The van der Waals surface area contributed by atoms with Crippen LogP contribution < -0.4 is 0 Å². The number of aryl methyl sites for hydroxylation is 2. The van der Waals surface area contributed by atoms with Crippen LogP contribution in [0.3, 0.4) is 0 Å². The van der Waals surface area contributed by atoms with Crippen LogP contribution in [0.2, 0.25) is 0 Å². The Labute approximate surface area is 153 Å². The molecule has 0 saturated heterocycles. The molecule has 144 valence electrons. The molecule has 27 heavy (non-hydrogen) atoms. The SMILES string of the molecule is CCCCc1ccncc1C.O=[N+]([O-])c1cc([N+](=O)[O-])c(O)c([N+](=O)[O-])c1. The summed E-state index contributed by atoms with van der Waals surface area (Å²) < 4.78 is 0. The lowest BCUT2D eigenvalue weighted by atomic mass is 10.1. The molecule has 1 N–H and O–H groups in total. The van der Waals surface area contributed by atoms with Gasteiger partial charge >= 0.3 is 11.4 Å². The van der Waals surface area contributed by atoms with Crippen molar-refractivity contribution in [3.8, 4) is 5.75 Å². The van der Waals surface area contributed by atoms with E-state index in [1.54, 1.807) is 0 Å². The Hall–Kier alpha value is -3.63. The van der Waals surface area contributed by atoms with Crippen LogP contribution in [0.1, 0.15) is 30.9 Å². The number of unbranched alkanes of at least 4 members (excludes halogenated alkanes) is 1. The van der Waals surface area contributed by atoms with Crippen molar-refractivity contribution >= 4 is 17.1 Å². The smallest absolute Gasteiger partial charge is 0.324 e. The topological polar surface area (TPSA) is 163 Å². The van der Waals surface area contributed by atoms with Crippen LogP contribution >= 0.6 is 0 Å². The number of nitro groups is 3. The van der Waals surface area contributed by atoms with Gasteiger partial charge < -0.3 is 5.11 Å². The highest BCUT2D eigenvalue weighted by molar-refractivity contribution is 5.64. The van der Waals surface area contributed by atoms with Crippen molar-refractivity contribution in [2.24, 2.45) is 0 Å². The minimum atomic E-state index is -1.21. The van der Waals surface area contributed by atoms with Gasteiger partial charge in [0.05, 0.1) is 26.9 Å². The van der Waals surface area contributed by atoms with Crippen molar-refractivity contribution in [1.29, 1.82) is 0 Å². The number of nitrogens with zero attached hydrogens (tertiary/aromatic N) is 4. The predicted molar refractivity (Wildman–Crippen MR) is 95.7 cm³/mol. The molecule has 0 amide bonds. The van der Waals surface area contributed by atoms with Gasteiger partial charge in [-0.05, 0) is 37.0 Å². The molecular formula is C16H18N4O7.